The molecule has 2 heteroatoms. The van der Waals surface area contributed by atoms with Crippen LogP contribution in [0.2, 0.25) is 0 Å². The Kier molecular flexibility index (Phi) is 8.58. The number of para-hydroxylation sites is 2. The molecule has 0 bridgehead atoms. The van der Waals surface area contributed by atoms with E-state index in [-0.39, 0.29) is 10.8 Å². The lowest BCUT2D eigenvalue weighted by atomic mass is 9.73. The van der Waals surface area contributed by atoms with Gasteiger partial charge in [0.2, 0.25) is 0 Å². The third kappa shape index (κ3) is 5.79. The summed E-state index contributed by atoms with van der Waals surface area (Å²) in [6.45, 7) is 9.52. The predicted molar refractivity (Wildman–Crippen MR) is 271 cm³/mol. The van der Waals surface area contributed by atoms with Crippen molar-refractivity contribution < 1.29 is 0 Å². The van der Waals surface area contributed by atoms with E-state index >= 15 is 0 Å². The second-order valence-electron chi connectivity index (χ2n) is 18.5. The molecule has 0 amide bonds. The van der Waals surface area contributed by atoms with Gasteiger partial charge < -0.3 is 9.80 Å². The molecule has 2 nitrogen and oxygen atoms in total. The van der Waals surface area contributed by atoms with Gasteiger partial charge in [0.05, 0.1) is 22.7 Å². The van der Waals surface area contributed by atoms with Crippen molar-refractivity contribution in [1.29, 1.82) is 0 Å². The second kappa shape index (κ2) is 14.4. The Hall–Kier alpha value is -7.68. The van der Waals surface area contributed by atoms with Gasteiger partial charge >= 0.3 is 0 Å². The van der Waals surface area contributed by atoms with Gasteiger partial charge in [0.15, 0.2) is 0 Å². The zero-order chi connectivity index (χ0) is 43.2. The first kappa shape index (κ1) is 38.0. The summed E-state index contributed by atoms with van der Waals surface area (Å²) in [4.78, 5) is 5.08. The molecule has 1 heterocycles. The van der Waals surface area contributed by atoms with Crippen LogP contribution in [0, 0.1) is 0 Å². The van der Waals surface area contributed by atoms with E-state index in [0.717, 1.165) is 17.1 Å². The lowest BCUT2D eigenvalue weighted by Gasteiger charge is -2.43. The molecule has 0 radical (unpaired) electrons. The second-order valence-corrected chi connectivity index (χ2v) is 18.5. The van der Waals surface area contributed by atoms with Gasteiger partial charge in [-0.05, 0) is 103 Å². The maximum Gasteiger partial charge on any atom is 0.0618 e. The summed E-state index contributed by atoms with van der Waals surface area (Å²) in [5, 5.41) is 4.90. The number of benzene rings is 10. The van der Waals surface area contributed by atoms with Crippen molar-refractivity contribution >= 4 is 55.7 Å². The predicted octanol–water partition coefficient (Wildman–Crippen LogP) is 17.2. The Morgan fingerprint density at radius 3 is 1.77 bits per heavy atom. The van der Waals surface area contributed by atoms with Crippen molar-refractivity contribution in [2.24, 2.45) is 0 Å². The minimum Gasteiger partial charge on any atom is -0.310 e. The zero-order valence-electron chi connectivity index (χ0n) is 36.7. The Labute approximate surface area is 376 Å². The molecule has 2 aliphatic rings. The molecule has 0 saturated carbocycles. The summed E-state index contributed by atoms with van der Waals surface area (Å²) in [5.41, 5.74) is 19.2. The number of fused-ring (bicyclic) bond motifs is 7. The minimum atomic E-state index is -0.273. The minimum absolute atomic E-state index is 0.152. The molecule has 10 aromatic carbocycles. The van der Waals surface area contributed by atoms with Crippen molar-refractivity contribution in [3.8, 4) is 33.4 Å². The molecule has 1 aliphatic carbocycles. The van der Waals surface area contributed by atoms with E-state index in [4.69, 9.17) is 0 Å². The maximum atomic E-state index is 2.58. The zero-order valence-corrected chi connectivity index (χ0v) is 36.7. The molecule has 10 aromatic rings. The molecule has 0 N–H and O–H groups in total. The fourth-order valence-corrected chi connectivity index (χ4v) is 11.0. The third-order valence-electron chi connectivity index (χ3n) is 14.2. The first-order valence-corrected chi connectivity index (χ1v) is 22.5. The van der Waals surface area contributed by atoms with Crippen LogP contribution >= 0.6 is 0 Å². The van der Waals surface area contributed by atoms with E-state index in [0.29, 0.717) is 0 Å². The largest absolute Gasteiger partial charge is 0.310 e. The third-order valence-corrected chi connectivity index (χ3v) is 14.2. The molecule has 0 spiro atoms. The number of hydrogen-bond donors (Lipinski definition) is 0. The fraction of sp³-hybridized carbons (Fsp3) is 0.0968. The van der Waals surface area contributed by atoms with Crippen molar-refractivity contribution in [2.75, 3.05) is 9.80 Å². The maximum absolute atomic E-state index is 2.58. The molecule has 1 aliphatic heterocycles. The highest BCUT2D eigenvalue weighted by Gasteiger charge is 2.40. The van der Waals surface area contributed by atoms with Gasteiger partial charge in [-0.15, -0.1) is 0 Å². The number of anilines is 6. The smallest absolute Gasteiger partial charge is 0.0618 e. The number of nitrogens with zero attached hydrogens (tertiary/aromatic N) is 2. The molecule has 0 saturated heterocycles. The lowest BCUT2D eigenvalue weighted by Crippen LogP contribution is -2.31. The number of rotatable bonds is 6. The Balaban J connectivity index is 1.14. The Morgan fingerprint density at radius 2 is 0.922 bits per heavy atom. The van der Waals surface area contributed by atoms with E-state index in [2.05, 4.69) is 256 Å². The van der Waals surface area contributed by atoms with Crippen LogP contribution in [0.3, 0.4) is 0 Å². The standard InChI is InChI=1S/C62H48N2/c1-61(2)53-26-14-12-25-51(53)52-36-33-46(39-56(52)61)63(57-28-16-13-23-48(57)42-19-6-5-7-20-42)47-34-37-55-59(40-47)64(58-29-17-15-27-54(58)62(55,3)4)60-49-24-11-10-21-43(49)32-35-50(60)45-31-30-41-18-8-9-22-44(41)38-45/h5-40H,1-4H3. The monoisotopic (exact) mass is 820 g/mol. The molecule has 306 valence electrons. The molecule has 64 heavy (non-hydrogen) atoms. The van der Waals surface area contributed by atoms with Crippen LogP contribution in [-0.2, 0) is 10.8 Å². The van der Waals surface area contributed by atoms with Gasteiger partial charge in [-0.25, -0.2) is 0 Å². The van der Waals surface area contributed by atoms with Crippen LogP contribution in [-0.4, -0.2) is 0 Å². The van der Waals surface area contributed by atoms with E-state index in [1.54, 1.807) is 0 Å². The van der Waals surface area contributed by atoms with Crippen LogP contribution in [0.15, 0.2) is 218 Å². The molecular weight excluding hydrogens is 773 g/mol. The fourth-order valence-electron chi connectivity index (χ4n) is 11.0. The van der Waals surface area contributed by atoms with E-state index < -0.39 is 0 Å². The summed E-state index contributed by atoms with van der Waals surface area (Å²) >= 11 is 0. The normalized spacial score (nSPS) is 14.2. The van der Waals surface area contributed by atoms with Crippen molar-refractivity contribution in [1.82, 2.24) is 0 Å². The van der Waals surface area contributed by atoms with Crippen LogP contribution in [0.25, 0.3) is 54.9 Å². The Bertz CT molecular complexity index is 3470. The van der Waals surface area contributed by atoms with E-state index in [9.17, 15) is 0 Å². The van der Waals surface area contributed by atoms with Gasteiger partial charge in [-0.2, -0.15) is 0 Å². The molecule has 0 atom stereocenters. The van der Waals surface area contributed by atoms with Gasteiger partial charge in [0, 0.05) is 38.7 Å². The van der Waals surface area contributed by atoms with E-state index in [1.165, 1.54) is 94.2 Å². The Morgan fingerprint density at radius 1 is 0.344 bits per heavy atom. The van der Waals surface area contributed by atoms with Gasteiger partial charge in [0.1, 0.15) is 0 Å². The summed E-state index contributed by atoms with van der Waals surface area (Å²) in [6, 6.07) is 81.1. The van der Waals surface area contributed by atoms with E-state index in [1.807, 2.05) is 0 Å². The van der Waals surface area contributed by atoms with Gasteiger partial charge in [0.25, 0.3) is 0 Å². The summed E-state index contributed by atoms with van der Waals surface area (Å²) < 4.78 is 0. The number of hydrogen-bond acceptors (Lipinski definition) is 2. The highest BCUT2D eigenvalue weighted by atomic mass is 15.2. The highest BCUT2D eigenvalue weighted by Crippen LogP contribution is 2.57. The van der Waals surface area contributed by atoms with Gasteiger partial charge in [-0.3, -0.25) is 0 Å². The quantitative estimate of drug-likeness (QED) is 0.165. The van der Waals surface area contributed by atoms with Crippen molar-refractivity contribution in [3.05, 3.63) is 241 Å². The summed E-state index contributed by atoms with van der Waals surface area (Å²) in [5.74, 6) is 0. The average molecular weight is 821 g/mol. The molecule has 0 aromatic heterocycles. The first-order chi connectivity index (χ1) is 31.3. The molecule has 12 rings (SSSR count). The summed E-state index contributed by atoms with van der Waals surface area (Å²) in [7, 11) is 0. The lowest BCUT2D eigenvalue weighted by molar-refractivity contribution is 0.632. The molecule has 0 fully saturated rings. The van der Waals surface area contributed by atoms with Crippen LogP contribution in [0.5, 0.6) is 0 Å². The highest BCUT2D eigenvalue weighted by molar-refractivity contribution is 6.08. The van der Waals surface area contributed by atoms with Crippen molar-refractivity contribution in [2.45, 2.75) is 38.5 Å². The SMILES string of the molecule is CC1(C)c2ccccc2-c2ccc(N(c3ccc4c(c3)N(c3c(-c5ccc6ccccc6c5)ccc5ccccc35)c3ccccc3C4(C)C)c3ccccc3-c3ccccc3)cc21. The van der Waals surface area contributed by atoms with Crippen LogP contribution < -0.4 is 9.80 Å². The van der Waals surface area contributed by atoms with Crippen LogP contribution in [0.4, 0.5) is 34.1 Å². The topological polar surface area (TPSA) is 6.48 Å². The first-order valence-electron chi connectivity index (χ1n) is 22.5. The van der Waals surface area contributed by atoms with Gasteiger partial charge in [-0.1, -0.05) is 204 Å². The average Bonchev–Trinajstić information content (AvgIpc) is 3.57. The molecular formula is C62H48N2. The van der Waals surface area contributed by atoms with Crippen LogP contribution in [0.1, 0.15) is 49.9 Å². The summed E-state index contributed by atoms with van der Waals surface area (Å²) in [6.07, 6.45) is 0. The van der Waals surface area contributed by atoms with Crippen molar-refractivity contribution in [3.63, 3.8) is 0 Å². The molecule has 0 unspecified atom stereocenters.